The largest absolute Gasteiger partial charge is 0.349 e. The fourth-order valence-electron chi connectivity index (χ4n) is 2.36. The Labute approximate surface area is 127 Å². The van der Waals surface area contributed by atoms with Crippen molar-refractivity contribution in [3.8, 4) is 0 Å². The van der Waals surface area contributed by atoms with Gasteiger partial charge in [-0.15, -0.1) is 0 Å². The van der Waals surface area contributed by atoms with Crippen molar-refractivity contribution >= 4 is 17.1 Å². The Morgan fingerprint density at radius 3 is 2.55 bits per heavy atom. The van der Waals surface area contributed by atoms with Crippen LogP contribution in [0.15, 0.2) is 15.9 Å². The van der Waals surface area contributed by atoms with Crippen LogP contribution < -0.4 is 11.2 Å². The Bertz CT molecular complexity index is 812. The average Bonchev–Trinajstić information content (AvgIpc) is 2.85. The van der Waals surface area contributed by atoms with Crippen LogP contribution in [0, 0.1) is 0 Å². The van der Waals surface area contributed by atoms with Crippen LogP contribution in [0.1, 0.15) is 19.3 Å². The number of imidazole rings is 1. The number of carbonyl (C=O) groups excluding carboxylic acids is 1. The molecule has 120 valence electrons. The minimum atomic E-state index is -0.380. The first kappa shape index (κ1) is 16.0. The van der Waals surface area contributed by atoms with Gasteiger partial charge in [-0.25, -0.2) is 9.78 Å². The smallest absolute Gasteiger partial charge is 0.332 e. The molecule has 0 aliphatic carbocycles. The molecular weight excluding hydrogens is 286 g/mol. The van der Waals surface area contributed by atoms with Crippen molar-refractivity contribution in [2.75, 3.05) is 14.1 Å². The maximum atomic E-state index is 12.4. The van der Waals surface area contributed by atoms with Gasteiger partial charge in [-0.1, -0.05) is 0 Å². The van der Waals surface area contributed by atoms with E-state index in [2.05, 4.69) is 4.98 Å². The van der Waals surface area contributed by atoms with Gasteiger partial charge in [0.1, 0.15) is 0 Å². The van der Waals surface area contributed by atoms with Gasteiger partial charge in [0.25, 0.3) is 5.56 Å². The van der Waals surface area contributed by atoms with E-state index in [0.29, 0.717) is 37.0 Å². The van der Waals surface area contributed by atoms with Gasteiger partial charge < -0.3 is 9.47 Å². The number of aryl methyl sites for hydroxylation is 2. The third kappa shape index (κ3) is 2.81. The first-order valence-corrected chi connectivity index (χ1v) is 7.15. The molecule has 1 amide bonds. The summed E-state index contributed by atoms with van der Waals surface area (Å²) in [6.45, 7) is 0.299. The van der Waals surface area contributed by atoms with Crippen molar-refractivity contribution in [3.63, 3.8) is 0 Å². The van der Waals surface area contributed by atoms with Crippen molar-refractivity contribution in [2.45, 2.75) is 25.8 Å². The molecule has 0 fully saturated rings. The highest BCUT2D eigenvalue weighted by Gasteiger charge is 2.14. The summed E-state index contributed by atoms with van der Waals surface area (Å²) in [6, 6.07) is 0. The molecule has 0 saturated heterocycles. The first-order valence-electron chi connectivity index (χ1n) is 7.15. The van der Waals surface area contributed by atoms with E-state index < -0.39 is 0 Å². The third-order valence-corrected chi connectivity index (χ3v) is 3.72. The van der Waals surface area contributed by atoms with E-state index in [1.165, 1.54) is 20.4 Å². The average molecular weight is 307 g/mol. The summed E-state index contributed by atoms with van der Waals surface area (Å²) in [5.74, 6) is 0.0438. The Hall–Kier alpha value is -2.38. The van der Waals surface area contributed by atoms with E-state index in [1.807, 2.05) is 0 Å². The van der Waals surface area contributed by atoms with Crippen LogP contribution in [0.3, 0.4) is 0 Å². The first-order chi connectivity index (χ1) is 10.3. The number of unbranched alkanes of at least 4 members (excludes halogenated alkanes) is 1. The summed E-state index contributed by atoms with van der Waals surface area (Å²) >= 11 is 0. The number of aromatic nitrogens is 4. The number of fused-ring (bicyclic) bond motifs is 1. The van der Waals surface area contributed by atoms with Gasteiger partial charge in [0, 0.05) is 41.2 Å². The van der Waals surface area contributed by atoms with Crippen molar-refractivity contribution in [3.05, 3.63) is 27.2 Å². The van der Waals surface area contributed by atoms with Gasteiger partial charge in [0.2, 0.25) is 5.91 Å². The Morgan fingerprint density at radius 1 is 1.23 bits per heavy atom. The minimum absolute atomic E-state index is 0.0438. The van der Waals surface area contributed by atoms with Gasteiger partial charge in [-0.2, -0.15) is 0 Å². The Kier molecular flexibility index (Phi) is 4.48. The van der Waals surface area contributed by atoms with E-state index in [4.69, 9.17) is 0 Å². The van der Waals surface area contributed by atoms with Gasteiger partial charge in [-0.05, 0) is 12.8 Å². The predicted molar refractivity (Wildman–Crippen MR) is 82.8 cm³/mol. The second-order valence-electron chi connectivity index (χ2n) is 5.57. The molecular formula is C14H21N5O3. The second kappa shape index (κ2) is 6.17. The lowest BCUT2D eigenvalue weighted by molar-refractivity contribution is -0.128. The lowest BCUT2D eigenvalue weighted by Gasteiger charge is -2.11. The lowest BCUT2D eigenvalue weighted by atomic mass is 10.2. The quantitative estimate of drug-likeness (QED) is 0.710. The Balaban J connectivity index is 2.22. The monoisotopic (exact) mass is 307 g/mol. The van der Waals surface area contributed by atoms with Crippen LogP contribution in [-0.4, -0.2) is 43.6 Å². The van der Waals surface area contributed by atoms with Gasteiger partial charge in [-0.3, -0.25) is 18.7 Å². The number of hydrogen-bond donors (Lipinski definition) is 0. The van der Waals surface area contributed by atoms with E-state index >= 15 is 0 Å². The molecule has 8 heteroatoms. The number of rotatable bonds is 5. The molecule has 22 heavy (non-hydrogen) atoms. The molecule has 2 aromatic heterocycles. The van der Waals surface area contributed by atoms with E-state index in [0.717, 1.165) is 0 Å². The molecule has 0 radical (unpaired) electrons. The summed E-state index contributed by atoms with van der Waals surface area (Å²) < 4.78 is 4.20. The highest BCUT2D eigenvalue weighted by molar-refractivity contribution is 5.75. The molecule has 2 aromatic rings. The molecule has 0 aromatic carbocycles. The number of carbonyl (C=O) groups is 1. The fraction of sp³-hybridized carbons (Fsp3) is 0.571. The third-order valence-electron chi connectivity index (χ3n) is 3.72. The molecule has 0 aliphatic heterocycles. The summed E-state index contributed by atoms with van der Waals surface area (Å²) in [4.78, 5) is 41.8. The van der Waals surface area contributed by atoms with Gasteiger partial charge in [0.15, 0.2) is 11.2 Å². The van der Waals surface area contributed by atoms with Crippen molar-refractivity contribution in [1.82, 2.24) is 23.6 Å². The summed E-state index contributed by atoms with van der Waals surface area (Å²) in [5, 5.41) is 0. The van der Waals surface area contributed by atoms with Crippen LogP contribution in [0.25, 0.3) is 11.2 Å². The molecule has 0 bridgehead atoms. The zero-order valence-corrected chi connectivity index (χ0v) is 13.4. The van der Waals surface area contributed by atoms with Crippen LogP contribution in [0.2, 0.25) is 0 Å². The fourth-order valence-corrected chi connectivity index (χ4v) is 2.36. The van der Waals surface area contributed by atoms with Crippen LogP contribution >= 0.6 is 0 Å². The van der Waals surface area contributed by atoms with Crippen LogP contribution in [-0.2, 0) is 25.4 Å². The summed E-state index contributed by atoms with van der Waals surface area (Å²) in [5.41, 5.74) is 0.0789. The minimum Gasteiger partial charge on any atom is -0.349 e. The molecule has 0 spiro atoms. The SMILES string of the molecule is CN(C)C(=O)CCCCn1c(=O)c2c(ncn2C)n(C)c1=O. The van der Waals surface area contributed by atoms with E-state index in [-0.39, 0.29) is 17.2 Å². The molecule has 0 N–H and O–H groups in total. The molecule has 0 unspecified atom stereocenters. The van der Waals surface area contributed by atoms with Crippen molar-refractivity contribution < 1.29 is 4.79 Å². The van der Waals surface area contributed by atoms with Crippen molar-refractivity contribution in [2.24, 2.45) is 14.1 Å². The van der Waals surface area contributed by atoms with E-state index in [1.54, 1.807) is 32.8 Å². The lowest BCUT2D eigenvalue weighted by Crippen LogP contribution is -2.39. The highest BCUT2D eigenvalue weighted by atomic mass is 16.2. The molecule has 2 rings (SSSR count). The number of amides is 1. The normalized spacial score (nSPS) is 11.1. The molecule has 0 atom stereocenters. The topological polar surface area (TPSA) is 82.1 Å². The highest BCUT2D eigenvalue weighted by Crippen LogP contribution is 2.04. The van der Waals surface area contributed by atoms with Crippen LogP contribution in [0.4, 0.5) is 0 Å². The van der Waals surface area contributed by atoms with E-state index in [9.17, 15) is 14.4 Å². The predicted octanol–water partition coefficient (Wildman–Crippen LogP) is -0.308. The zero-order chi connectivity index (χ0) is 16.4. The second-order valence-corrected chi connectivity index (χ2v) is 5.57. The number of nitrogens with zero attached hydrogens (tertiary/aromatic N) is 5. The molecule has 2 heterocycles. The Morgan fingerprint density at radius 2 is 1.91 bits per heavy atom. The van der Waals surface area contributed by atoms with Gasteiger partial charge >= 0.3 is 5.69 Å². The molecule has 0 saturated carbocycles. The van der Waals surface area contributed by atoms with Gasteiger partial charge in [0.05, 0.1) is 6.33 Å². The number of hydrogen-bond acceptors (Lipinski definition) is 4. The summed E-state index contributed by atoms with van der Waals surface area (Å²) in [7, 11) is 6.74. The zero-order valence-electron chi connectivity index (χ0n) is 13.4. The maximum absolute atomic E-state index is 12.4. The molecule has 8 nitrogen and oxygen atoms in total. The van der Waals surface area contributed by atoms with Crippen LogP contribution in [0.5, 0.6) is 0 Å². The maximum Gasteiger partial charge on any atom is 0.332 e. The molecule has 0 aliphatic rings. The summed E-state index contributed by atoms with van der Waals surface area (Å²) in [6.07, 6.45) is 3.16. The standard InChI is InChI=1S/C14H21N5O3/c1-16(2)10(20)7-5-6-8-19-13(21)11-12(15-9-17(11)3)18(4)14(19)22/h9H,5-8H2,1-4H3. The van der Waals surface area contributed by atoms with Crippen molar-refractivity contribution in [1.29, 1.82) is 0 Å².